The van der Waals surface area contributed by atoms with Gasteiger partial charge in [0.05, 0.1) is 6.54 Å². The molecule has 150 valence electrons. The van der Waals surface area contributed by atoms with Crippen molar-refractivity contribution in [2.45, 2.75) is 36.7 Å². The zero-order valence-corrected chi connectivity index (χ0v) is 16.8. The van der Waals surface area contributed by atoms with Crippen LogP contribution in [0.25, 0.3) is 11.4 Å². The van der Waals surface area contributed by atoms with Crippen molar-refractivity contribution >= 4 is 17.7 Å². The van der Waals surface area contributed by atoms with Crippen LogP contribution in [0.1, 0.15) is 25.3 Å². The molecule has 2 aromatic heterocycles. The summed E-state index contributed by atoms with van der Waals surface area (Å²) in [5, 5.41) is 7.40. The van der Waals surface area contributed by atoms with E-state index in [1.54, 1.807) is 28.7 Å². The molecule has 0 aliphatic heterocycles. The van der Waals surface area contributed by atoms with Crippen molar-refractivity contribution in [1.82, 2.24) is 24.6 Å². The zero-order chi connectivity index (χ0) is 20.1. The second-order valence-corrected chi connectivity index (χ2v) is 8.10. The van der Waals surface area contributed by atoms with Crippen LogP contribution >= 0.6 is 11.8 Å². The summed E-state index contributed by atoms with van der Waals surface area (Å²) >= 11 is 1.66. The fourth-order valence-corrected chi connectivity index (χ4v) is 3.96. The molecule has 7 nitrogen and oxygen atoms in total. The molecule has 0 bridgehead atoms. The van der Waals surface area contributed by atoms with Crippen LogP contribution in [0.15, 0.2) is 64.5 Å². The molecule has 4 rings (SSSR count). The van der Waals surface area contributed by atoms with Gasteiger partial charge in [-0.3, -0.25) is 14.3 Å². The van der Waals surface area contributed by atoms with Gasteiger partial charge in [-0.15, -0.1) is 16.9 Å². The monoisotopic (exact) mass is 409 g/mol. The van der Waals surface area contributed by atoms with E-state index in [0.717, 1.165) is 29.1 Å². The number of amides is 1. The Bertz CT molecular complexity index is 1010. The smallest absolute Gasteiger partial charge is 0.346 e. The second kappa shape index (κ2) is 9.09. The summed E-state index contributed by atoms with van der Waals surface area (Å²) in [6.45, 7) is 0.728. The largest absolute Gasteiger partial charge is 0.354 e. The summed E-state index contributed by atoms with van der Waals surface area (Å²) in [6, 6.07) is 14.0. The molecule has 1 fully saturated rings. The summed E-state index contributed by atoms with van der Waals surface area (Å²) in [6.07, 6.45) is 5.85. The molecule has 1 saturated carbocycles. The molecular formula is C21H23N5O2S. The fourth-order valence-electron chi connectivity index (χ4n) is 3.09. The Hall–Kier alpha value is -2.87. The third-order valence-corrected chi connectivity index (χ3v) is 5.70. The van der Waals surface area contributed by atoms with E-state index in [2.05, 4.69) is 15.4 Å². The predicted molar refractivity (Wildman–Crippen MR) is 113 cm³/mol. The molecule has 1 aliphatic rings. The van der Waals surface area contributed by atoms with Gasteiger partial charge in [-0.05, 0) is 37.1 Å². The number of rotatable bonds is 9. The summed E-state index contributed by atoms with van der Waals surface area (Å²) in [5.41, 5.74) is 0.706. The van der Waals surface area contributed by atoms with Crippen LogP contribution in [0.4, 0.5) is 0 Å². The lowest BCUT2D eigenvalue weighted by Crippen LogP contribution is -2.32. The van der Waals surface area contributed by atoms with Crippen molar-refractivity contribution in [2.24, 2.45) is 0 Å². The average molecular weight is 410 g/mol. The SMILES string of the molecule is O=C(CCSc1ccccc1)NCCn1nc(-c2cccnc2)n(C2CC2)c1=O. The standard InChI is InChI=1S/C21H23N5O2S/c27-19(10-14-29-18-6-2-1-3-7-18)23-12-13-25-21(28)26(17-8-9-17)20(24-25)16-5-4-11-22-15-16/h1-7,11,15,17H,8-10,12-14H2,(H,23,27). The van der Waals surface area contributed by atoms with Crippen molar-refractivity contribution in [2.75, 3.05) is 12.3 Å². The first-order chi connectivity index (χ1) is 14.2. The lowest BCUT2D eigenvalue weighted by atomic mass is 10.3. The highest BCUT2D eigenvalue weighted by atomic mass is 32.2. The van der Waals surface area contributed by atoms with E-state index in [-0.39, 0.29) is 17.6 Å². The Morgan fingerprint density at radius 1 is 1.17 bits per heavy atom. The lowest BCUT2D eigenvalue weighted by Gasteiger charge is -2.05. The van der Waals surface area contributed by atoms with E-state index in [0.29, 0.717) is 25.3 Å². The van der Waals surface area contributed by atoms with Crippen molar-refractivity contribution in [3.05, 3.63) is 65.3 Å². The number of nitrogens with zero attached hydrogens (tertiary/aromatic N) is 4. The Morgan fingerprint density at radius 3 is 2.72 bits per heavy atom. The van der Waals surface area contributed by atoms with Gasteiger partial charge >= 0.3 is 5.69 Å². The van der Waals surface area contributed by atoms with E-state index in [1.807, 2.05) is 42.5 Å². The Balaban J connectivity index is 1.32. The normalized spacial score (nSPS) is 13.4. The molecule has 1 aromatic carbocycles. The average Bonchev–Trinajstić information content (AvgIpc) is 3.53. The third-order valence-electron chi connectivity index (χ3n) is 4.69. The van der Waals surface area contributed by atoms with Gasteiger partial charge in [0.2, 0.25) is 5.91 Å². The number of benzene rings is 1. The van der Waals surface area contributed by atoms with Gasteiger partial charge in [0.1, 0.15) is 0 Å². The number of hydrogen-bond donors (Lipinski definition) is 1. The molecule has 0 unspecified atom stereocenters. The van der Waals surface area contributed by atoms with Gasteiger partial charge < -0.3 is 5.32 Å². The third kappa shape index (κ3) is 4.95. The number of thioether (sulfide) groups is 1. The molecule has 29 heavy (non-hydrogen) atoms. The molecule has 0 radical (unpaired) electrons. The number of pyridine rings is 1. The van der Waals surface area contributed by atoms with Crippen LogP contribution in [-0.4, -0.2) is 37.5 Å². The highest BCUT2D eigenvalue weighted by Gasteiger charge is 2.30. The van der Waals surface area contributed by atoms with E-state index in [9.17, 15) is 9.59 Å². The van der Waals surface area contributed by atoms with Crippen molar-refractivity contribution in [3.8, 4) is 11.4 Å². The van der Waals surface area contributed by atoms with Crippen LogP contribution in [0.3, 0.4) is 0 Å². The molecule has 0 spiro atoms. The first-order valence-electron chi connectivity index (χ1n) is 9.76. The maximum atomic E-state index is 12.8. The molecule has 8 heteroatoms. The zero-order valence-electron chi connectivity index (χ0n) is 16.0. The van der Waals surface area contributed by atoms with Crippen LogP contribution in [-0.2, 0) is 11.3 Å². The molecule has 1 N–H and O–H groups in total. The fraction of sp³-hybridized carbons (Fsp3) is 0.333. The number of aromatic nitrogens is 4. The van der Waals surface area contributed by atoms with Crippen molar-refractivity contribution in [1.29, 1.82) is 0 Å². The first kappa shape index (κ1) is 19.4. The summed E-state index contributed by atoms with van der Waals surface area (Å²) in [5.74, 6) is 1.35. The second-order valence-electron chi connectivity index (χ2n) is 6.93. The minimum atomic E-state index is -0.125. The van der Waals surface area contributed by atoms with Crippen LogP contribution in [0.2, 0.25) is 0 Å². The Morgan fingerprint density at radius 2 is 2.00 bits per heavy atom. The van der Waals surface area contributed by atoms with Gasteiger partial charge in [0, 0.05) is 47.6 Å². The van der Waals surface area contributed by atoms with E-state index in [1.165, 1.54) is 4.68 Å². The quantitative estimate of drug-likeness (QED) is 0.550. The minimum absolute atomic E-state index is 0.0180. The van der Waals surface area contributed by atoms with Gasteiger partial charge in [-0.2, -0.15) is 0 Å². The van der Waals surface area contributed by atoms with Crippen LogP contribution in [0.5, 0.6) is 0 Å². The first-order valence-corrected chi connectivity index (χ1v) is 10.8. The number of nitrogens with one attached hydrogen (secondary N) is 1. The Labute approximate surface area is 173 Å². The van der Waals surface area contributed by atoms with Gasteiger partial charge in [-0.25, -0.2) is 9.48 Å². The maximum Gasteiger partial charge on any atom is 0.346 e. The van der Waals surface area contributed by atoms with E-state index in [4.69, 9.17) is 0 Å². The summed E-state index contributed by atoms with van der Waals surface area (Å²) < 4.78 is 3.20. The number of carbonyl (C=O) groups is 1. The number of hydrogen-bond acceptors (Lipinski definition) is 5. The topological polar surface area (TPSA) is 81.8 Å². The molecule has 2 heterocycles. The van der Waals surface area contributed by atoms with E-state index < -0.39 is 0 Å². The molecule has 3 aromatic rings. The predicted octanol–water partition coefficient (Wildman–Crippen LogP) is 2.74. The van der Waals surface area contributed by atoms with E-state index >= 15 is 0 Å². The van der Waals surface area contributed by atoms with Gasteiger partial charge in [-0.1, -0.05) is 18.2 Å². The van der Waals surface area contributed by atoms with Crippen molar-refractivity contribution in [3.63, 3.8) is 0 Å². The van der Waals surface area contributed by atoms with Gasteiger partial charge in [0.25, 0.3) is 0 Å². The molecule has 1 aliphatic carbocycles. The van der Waals surface area contributed by atoms with Crippen molar-refractivity contribution < 1.29 is 4.79 Å². The summed E-state index contributed by atoms with van der Waals surface area (Å²) in [4.78, 5) is 30.1. The van der Waals surface area contributed by atoms with Crippen LogP contribution in [0, 0.1) is 0 Å². The molecule has 0 saturated heterocycles. The highest BCUT2D eigenvalue weighted by molar-refractivity contribution is 7.99. The molecule has 0 atom stereocenters. The molecular weight excluding hydrogens is 386 g/mol. The Kier molecular flexibility index (Phi) is 6.09. The minimum Gasteiger partial charge on any atom is -0.354 e. The van der Waals surface area contributed by atoms with Gasteiger partial charge in [0.15, 0.2) is 5.82 Å². The summed E-state index contributed by atoms with van der Waals surface area (Å²) in [7, 11) is 0. The maximum absolute atomic E-state index is 12.8. The van der Waals surface area contributed by atoms with Crippen LogP contribution < -0.4 is 11.0 Å². The molecule has 1 amide bonds. The lowest BCUT2D eigenvalue weighted by molar-refractivity contribution is -0.120. The highest BCUT2D eigenvalue weighted by Crippen LogP contribution is 2.36. The number of carbonyl (C=O) groups excluding carboxylic acids is 1.